The normalized spacial score (nSPS) is 12.4. The Bertz CT molecular complexity index is 818. The van der Waals surface area contributed by atoms with Crippen molar-refractivity contribution < 1.29 is 24.9 Å². The Kier molecular flexibility index (Phi) is 18.6. The molecule has 1 atom stereocenters. The van der Waals surface area contributed by atoms with Crippen molar-refractivity contribution in [2.24, 2.45) is 0 Å². The van der Waals surface area contributed by atoms with E-state index < -0.39 is 12.0 Å². The van der Waals surface area contributed by atoms with E-state index >= 15 is 0 Å². The molecule has 1 aromatic rings. The molecule has 0 aliphatic heterocycles. The van der Waals surface area contributed by atoms with E-state index in [0.717, 1.165) is 25.7 Å². The van der Waals surface area contributed by atoms with Gasteiger partial charge in [0.05, 0.1) is 0 Å². The first-order valence-corrected chi connectivity index (χ1v) is 14.3. The van der Waals surface area contributed by atoms with Crippen molar-refractivity contribution in [3.63, 3.8) is 0 Å². The van der Waals surface area contributed by atoms with E-state index in [1.807, 2.05) is 0 Å². The van der Waals surface area contributed by atoms with Crippen molar-refractivity contribution >= 4 is 11.9 Å². The number of allylic oxidation sites excluding steroid dienone is 4. The van der Waals surface area contributed by atoms with Crippen molar-refractivity contribution in [1.29, 1.82) is 0 Å². The minimum Gasteiger partial charge on any atom is -0.504 e. The van der Waals surface area contributed by atoms with Crippen LogP contribution in [0.2, 0.25) is 0 Å². The van der Waals surface area contributed by atoms with Gasteiger partial charge in [0.2, 0.25) is 5.91 Å². The summed E-state index contributed by atoms with van der Waals surface area (Å²) in [5, 5.41) is 30.9. The number of benzene rings is 1. The molecule has 0 aliphatic carbocycles. The van der Waals surface area contributed by atoms with Gasteiger partial charge in [-0.15, -0.1) is 0 Å². The van der Waals surface area contributed by atoms with E-state index in [1.165, 1.54) is 88.8 Å². The zero-order valence-corrected chi connectivity index (χ0v) is 22.8. The first kappa shape index (κ1) is 32.3. The van der Waals surface area contributed by atoms with Crippen molar-refractivity contribution in [2.75, 3.05) is 0 Å². The monoisotopic (exact) mass is 515 g/mol. The number of unbranched alkanes of at least 4 members (excludes halogenated alkanes) is 12. The number of phenols is 2. The van der Waals surface area contributed by atoms with Crippen LogP contribution in [0.15, 0.2) is 42.5 Å². The fraction of sp³-hybridized carbons (Fsp3) is 0.613. The zero-order valence-electron chi connectivity index (χ0n) is 22.8. The number of nitrogens with one attached hydrogen (secondary N) is 1. The van der Waals surface area contributed by atoms with E-state index in [1.54, 1.807) is 0 Å². The highest BCUT2D eigenvalue weighted by molar-refractivity contribution is 5.83. The van der Waals surface area contributed by atoms with Gasteiger partial charge in [-0.2, -0.15) is 0 Å². The van der Waals surface area contributed by atoms with E-state index in [2.05, 4.69) is 36.5 Å². The fourth-order valence-corrected chi connectivity index (χ4v) is 4.20. The SMILES string of the molecule is CCCCC/C=C\C/C=C\CCCCCCCCCCCC(=O)N[C@@H](Cc1ccc(O)c(O)c1)C(=O)O. The van der Waals surface area contributed by atoms with Crippen LogP contribution in [0.25, 0.3) is 0 Å². The molecule has 0 aromatic heterocycles. The molecule has 0 bridgehead atoms. The maximum Gasteiger partial charge on any atom is 0.326 e. The Morgan fingerprint density at radius 2 is 1.35 bits per heavy atom. The van der Waals surface area contributed by atoms with Gasteiger partial charge in [0.25, 0.3) is 0 Å². The Hall–Kier alpha value is -2.76. The van der Waals surface area contributed by atoms with Crippen molar-refractivity contribution in [3.05, 3.63) is 48.1 Å². The van der Waals surface area contributed by atoms with Crippen LogP contribution in [-0.4, -0.2) is 33.2 Å². The number of aromatic hydroxyl groups is 2. The van der Waals surface area contributed by atoms with Crippen LogP contribution in [0.5, 0.6) is 11.5 Å². The summed E-state index contributed by atoms with van der Waals surface area (Å²) >= 11 is 0. The Balaban J connectivity index is 1.99. The van der Waals surface area contributed by atoms with Crippen LogP contribution in [0.1, 0.15) is 115 Å². The summed E-state index contributed by atoms with van der Waals surface area (Å²) in [6.45, 7) is 2.24. The summed E-state index contributed by atoms with van der Waals surface area (Å²) in [5.74, 6) is -1.97. The molecule has 1 amide bonds. The van der Waals surface area contributed by atoms with Gasteiger partial charge in [0.15, 0.2) is 11.5 Å². The highest BCUT2D eigenvalue weighted by Crippen LogP contribution is 2.25. The molecule has 208 valence electrons. The second-order valence-corrected chi connectivity index (χ2v) is 9.88. The number of phenolic OH excluding ortho intramolecular Hbond substituents is 2. The molecule has 0 spiro atoms. The number of carbonyl (C=O) groups excluding carboxylic acids is 1. The first-order valence-electron chi connectivity index (χ1n) is 14.3. The van der Waals surface area contributed by atoms with Crippen LogP contribution in [-0.2, 0) is 16.0 Å². The Morgan fingerprint density at radius 3 is 1.92 bits per heavy atom. The lowest BCUT2D eigenvalue weighted by Crippen LogP contribution is -2.42. The topological polar surface area (TPSA) is 107 Å². The molecule has 0 radical (unpaired) electrons. The molecular weight excluding hydrogens is 466 g/mol. The molecule has 1 aromatic carbocycles. The van der Waals surface area contributed by atoms with Crippen LogP contribution >= 0.6 is 0 Å². The number of aliphatic carboxylic acids is 1. The molecule has 0 saturated heterocycles. The summed E-state index contributed by atoms with van der Waals surface area (Å²) in [5.41, 5.74) is 0.528. The second kappa shape index (κ2) is 21.3. The third-order valence-corrected chi connectivity index (χ3v) is 6.47. The summed E-state index contributed by atoms with van der Waals surface area (Å²) < 4.78 is 0. The predicted octanol–water partition coefficient (Wildman–Crippen LogP) is 7.58. The van der Waals surface area contributed by atoms with E-state index in [0.29, 0.717) is 12.0 Å². The molecule has 0 unspecified atom stereocenters. The van der Waals surface area contributed by atoms with Crippen LogP contribution < -0.4 is 5.32 Å². The van der Waals surface area contributed by atoms with Gasteiger partial charge < -0.3 is 20.6 Å². The van der Waals surface area contributed by atoms with Gasteiger partial charge >= 0.3 is 5.97 Å². The molecule has 6 nitrogen and oxygen atoms in total. The highest BCUT2D eigenvalue weighted by atomic mass is 16.4. The summed E-state index contributed by atoms with van der Waals surface area (Å²) in [4.78, 5) is 23.7. The second-order valence-electron chi connectivity index (χ2n) is 9.88. The number of amides is 1. The first-order chi connectivity index (χ1) is 17.9. The third-order valence-electron chi connectivity index (χ3n) is 6.47. The van der Waals surface area contributed by atoms with Crippen LogP contribution in [0, 0.1) is 0 Å². The number of carboxylic acid groups (broad SMARTS) is 1. The average Bonchev–Trinajstić information content (AvgIpc) is 2.87. The van der Waals surface area contributed by atoms with E-state index in [-0.39, 0.29) is 23.8 Å². The maximum absolute atomic E-state index is 12.2. The average molecular weight is 516 g/mol. The minimum atomic E-state index is -1.12. The van der Waals surface area contributed by atoms with Crippen molar-refractivity contribution in [1.82, 2.24) is 5.32 Å². The van der Waals surface area contributed by atoms with Crippen LogP contribution in [0.4, 0.5) is 0 Å². The molecule has 0 saturated carbocycles. The quantitative estimate of drug-likeness (QED) is 0.0723. The molecule has 4 N–H and O–H groups in total. The van der Waals surface area contributed by atoms with Gasteiger partial charge in [0, 0.05) is 12.8 Å². The van der Waals surface area contributed by atoms with Gasteiger partial charge in [-0.3, -0.25) is 4.79 Å². The molecule has 6 heteroatoms. The van der Waals surface area contributed by atoms with Gasteiger partial charge in [-0.05, 0) is 56.2 Å². The van der Waals surface area contributed by atoms with Crippen molar-refractivity contribution in [2.45, 2.75) is 122 Å². The molecule has 0 aliphatic rings. The Morgan fingerprint density at radius 1 is 0.784 bits per heavy atom. The minimum absolute atomic E-state index is 0.0434. The third kappa shape index (κ3) is 17.4. The number of hydrogen-bond acceptors (Lipinski definition) is 4. The van der Waals surface area contributed by atoms with E-state index in [4.69, 9.17) is 0 Å². The lowest BCUT2D eigenvalue weighted by Gasteiger charge is -2.15. The maximum atomic E-state index is 12.2. The van der Waals surface area contributed by atoms with E-state index in [9.17, 15) is 24.9 Å². The summed E-state index contributed by atoms with van der Waals surface area (Å²) in [6.07, 6.45) is 27.2. The molecule has 37 heavy (non-hydrogen) atoms. The zero-order chi connectivity index (χ0) is 27.1. The molecule has 1 rings (SSSR count). The number of rotatable bonds is 22. The summed E-state index contributed by atoms with van der Waals surface area (Å²) in [6, 6.07) is 3.08. The predicted molar refractivity (Wildman–Crippen MR) is 151 cm³/mol. The smallest absolute Gasteiger partial charge is 0.326 e. The van der Waals surface area contributed by atoms with Gasteiger partial charge in [-0.1, -0.05) is 95.1 Å². The lowest BCUT2D eigenvalue weighted by molar-refractivity contribution is -0.141. The fourth-order valence-electron chi connectivity index (χ4n) is 4.20. The summed E-state index contributed by atoms with van der Waals surface area (Å²) in [7, 11) is 0. The molecule has 0 heterocycles. The van der Waals surface area contributed by atoms with Crippen LogP contribution in [0.3, 0.4) is 0 Å². The number of carbonyl (C=O) groups is 2. The largest absolute Gasteiger partial charge is 0.504 e. The van der Waals surface area contributed by atoms with Crippen molar-refractivity contribution in [3.8, 4) is 11.5 Å². The number of hydrogen-bond donors (Lipinski definition) is 4. The number of carboxylic acids is 1. The molecule has 0 fully saturated rings. The standard InChI is InChI=1S/C31H49NO5/c1-2-3-4-5-6-7-8-9-10-11-12-13-14-15-16-17-18-19-20-21-30(35)32-27(31(36)37)24-26-22-23-28(33)29(34)25-26/h6-7,9-10,22-23,25,27,33-34H,2-5,8,11-21,24H2,1H3,(H,32,35)(H,36,37)/b7-6-,10-9-/t27-/m0/s1. The lowest BCUT2D eigenvalue weighted by atomic mass is 10.0. The van der Waals surface area contributed by atoms with Gasteiger partial charge in [-0.25, -0.2) is 4.79 Å². The Labute approximate surface area is 223 Å². The van der Waals surface area contributed by atoms with Gasteiger partial charge in [0.1, 0.15) is 6.04 Å². The highest BCUT2D eigenvalue weighted by Gasteiger charge is 2.20. The molecular formula is C31H49NO5.